The maximum atomic E-state index is 13.0. The molecular formula is C21H24N6O2S. The maximum absolute atomic E-state index is 13.0. The van der Waals surface area contributed by atoms with Crippen LogP contribution in [-0.2, 0) is 4.74 Å². The van der Waals surface area contributed by atoms with Gasteiger partial charge in [-0.25, -0.2) is 19.9 Å². The van der Waals surface area contributed by atoms with Crippen molar-refractivity contribution in [2.75, 3.05) is 25.0 Å². The van der Waals surface area contributed by atoms with Crippen molar-refractivity contribution in [1.29, 1.82) is 0 Å². The van der Waals surface area contributed by atoms with Gasteiger partial charge in [0.1, 0.15) is 17.7 Å². The highest BCUT2D eigenvalue weighted by molar-refractivity contribution is 7.15. The van der Waals surface area contributed by atoms with Gasteiger partial charge >= 0.3 is 0 Å². The second-order valence-corrected chi connectivity index (χ2v) is 8.46. The Kier molecular flexibility index (Phi) is 5.74. The van der Waals surface area contributed by atoms with Crippen molar-refractivity contribution in [2.45, 2.75) is 33.8 Å². The summed E-state index contributed by atoms with van der Waals surface area (Å²) in [5.41, 5.74) is 3.01. The van der Waals surface area contributed by atoms with E-state index in [-0.39, 0.29) is 12.0 Å². The molecule has 0 radical (unpaired) electrons. The molecule has 8 nitrogen and oxygen atoms in total. The summed E-state index contributed by atoms with van der Waals surface area (Å²) in [7, 11) is 0. The van der Waals surface area contributed by atoms with Crippen LogP contribution in [-0.4, -0.2) is 50.4 Å². The van der Waals surface area contributed by atoms with Crippen LogP contribution in [0.3, 0.4) is 0 Å². The summed E-state index contributed by atoms with van der Waals surface area (Å²) in [5.74, 6) is 1.28. The zero-order valence-electron chi connectivity index (χ0n) is 17.5. The highest BCUT2D eigenvalue weighted by atomic mass is 32.1. The third-order valence-corrected chi connectivity index (χ3v) is 6.04. The van der Waals surface area contributed by atoms with E-state index in [9.17, 15) is 4.79 Å². The highest BCUT2D eigenvalue weighted by Crippen LogP contribution is 2.27. The number of rotatable bonds is 4. The molecule has 0 bridgehead atoms. The van der Waals surface area contributed by atoms with Gasteiger partial charge in [0.05, 0.1) is 35.8 Å². The fourth-order valence-electron chi connectivity index (χ4n) is 3.31. The molecule has 1 aliphatic heterocycles. The van der Waals surface area contributed by atoms with Crippen LogP contribution in [0.1, 0.15) is 44.2 Å². The van der Waals surface area contributed by atoms with Gasteiger partial charge in [-0.1, -0.05) is 6.07 Å². The first-order valence-electron chi connectivity index (χ1n) is 9.80. The standard InChI is InChI=1S/C21H24N6O2S/c1-12-14(3)30-21(24-12)26-19-7-5-6-17(25-19)18-11-27(8-9-29-18)20(28)16-10-22-15(4)23-13(16)2/h5-7,10,18H,8-9,11H2,1-4H3,(H,24,25,26)/t18-/m1/s1. The molecule has 1 saturated heterocycles. The number of hydrogen-bond acceptors (Lipinski definition) is 8. The fourth-order valence-corrected chi connectivity index (χ4v) is 4.13. The van der Waals surface area contributed by atoms with Crippen molar-refractivity contribution < 1.29 is 9.53 Å². The average molecular weight is 425 g/mol. The van der Waals surface area contributed by atoms with Crippen LogP contribution in [0, 0.1) is 27.7 Å². The number of amides is 1. The number of aryl methyl sites for hydroxylation is 4. The Bertz CT molecular complexity index is 1060. The van der Waals surface area contributed by atoms with Gasteiger partial charge in [-0.05, 0) is 39.8 Å². The largest absolute Gasteiger partial charge is 0.368 e. The maximum Gasteiger partial charge on any atom is 0.257 e. The molecule has 0 aliphatic carbocycles. The molecule has 3 aromatic rings. The summed E-state index contributed by atoms with van der Waals surface area (Å²) >= 11 is 1.60. The molecule has 0 unspecified atom stereocenters. The van der Waals surface area contributed by atoms with E-state index in [1.165, 1.54) is 4.88 Å². The Morgan fingerprint density at radius 1 is 1.17 bits per heavy atom. The summed E-state index contributed by atoms with van der Waals surface area (Å²) in [6.45, 7) is 9.09. The molecule has 156 valence electrons. The second-order valence-electron chi connectivity index (χ2n) is 7.26. The van der Waals surface area contributed by atoms with E-state index in [0.717, 1.165) is 16.5 Å². The van der Waals surface area contributed by atoms with Crippen LogP contribution < -0.4 is 5.32 Å². The first-order valence-corrected chi connectivity index (χ1v) is 10.6. The normalized spacial score (nSPS) is 16.5. The number of ether oxygens (including phenoxy) is 1. The molecule has 1 N–H and O–H groups in total. The molecule has 1 amide bonds. The van der Waals surface area contributed by atoms with Crippen molar-refractivity contribution in [1.82, 2.24) is 24.8 Å². The van der Waals surface area contributed by atoms with Gasteiger partial charge < -0.3 is 15.0 Å². The number of nitrogens with zero attached hydrogens (tertiary/aromatic N) is 5. The predicted molar refractivity (Wildman–Crippen MR) is 115 cm³/mol. The van der Waals surface area contributed by atoms with Gasteiger partial charge in [-0.3, -0.25) is 4.79 Å². The number of morpholine rings is 1. The van der Waals surface area contributed by atoms with E-state index < -0.39 is 0 Å². The van der Waals surface area contributed by atoms with E-state index in [1.54, 1.807) is 22.4 Å². The number of thiazole rings is 1. The molecule has 1 aliphatic rings. The number of pyridine rings is 1. The molecule has 4 heterocycles. The van der Waals surface area contributed by atoms with Crippen molar-refractivity contribution in [3.8, 4) is 0 Å². The van der Waals surface area contributed by atoms with E-state index >= 15 is 0 Å². The molecule has 30 heavy (non-hydrogen) atoms. The number of aromatic nitrogens is 4. The number of anilines is 2. The van der Waals surface area contributed by atoms with Gasteiger partial charge in [0.15, 0.2) is 5.13 Å². The first-order chi connectivity index (χ1) is 14.4. The van der Waals surface area contributed by atoms with Crippen LogP contribution in [0.2, 0.25) is 0 Å². The SMILES string of the molecule is Cc1ncc(C(=O)N2CCO[C@@H](c3cccc(Nc4nc(C)c(C)s4)n3)C2)c(C)n1. The topological polar surface area (TPSA) is 93.1 Å². The van der Waals surface area contributed by atoms with Crippen molar-refractivity contribution in [2.24, 2.45) is 0 Å². The van der Waals surface area contributed by atoms with Gasteiger partial charge in [-0.2, -0.15) is 0 Å². The zero-order valence-corrected chi connectivity index (χ0v) is 18.3. The summed E-state index contributed by atoms with van der Waals surface area (Å²) in [6, 6.07) is 5.75. The van der Waals surface area contributed by atoms with Crippen molar-refractivity contribution in [3.63, 3.8) is 0 Å². The number of nitrogens with one attached hydrogen (secondary N) is 1. The lowest BCUT2D eigenvalue weighted by molar-refractivity contribution is -0.0247. The monoisotopic (exact) mass is 424 g/mol. The Labute approximate surface area is 179 Å². The third kappa shape index (κ3) is 4.31. The minimum atomic E-state index is -0.295. The number of hydrogen-bond donors (Lipinski definition) is 1. The minimum Gasteiger partial charge on any atom is -0.368 e. The fraction of sp³-hybridized carbons (Fsp3) is 0.381. The van der Waals surface area contributed by atoms with Crippen LogP contribution in [0.5, 0.6) is 0 Å². The van der Waals surface area contributed by atoms with Gasteiger partial charge in [0, 0.05) is 17.6 Å². The smallest absolute Gasteiger partial charge is 0.257 e. The minimum absolute atomic E-state index is 0.0798. The summed E-state index contributed by atoms with van der Waals surface area (Å²) in [6.07, 6.45) is 1.31. The molecule has 0 aromatic carbocycles. The van der Waals surface area contributed by atoms with Crippen molar-refractivity contribution in [3.05, 3.63) is 57.7 Å². The van der Waals surface area contributed by atoms with Crippen LogP contribution in [0.25, 0.3) is 0 Å². The average Bonchev–Trinajstić information content (AvgIpc) is 3.04. The third-order valence-electron chi connectivity index (χ3n) is 5.05. The summed E-state index contributed by atoms with van der Waals surface area (Å²) < 4.78 is 5.93. The Morgan fingerprint density at radius 2 is 2.00 bits per heavy atom. The van der Waals surface area contributed by atoms with Gasteiger partial charge in [0.25, 0.3) is 5.91 Å². The second kappa shape index (κ2) is 8.45. The van der Waals surface area contributed by atoms with Crippen molar-refractivity contribution >= 4 is 28.2 Å². The number of carbonyl (C=O) groups is 1. The molecule has 1 atom stereocenters. The molecular weight excluding hydrogens is 400 g/mol. The molecule has 9 heteroatoms. The number of carbonyl (C=O) groups excluding carboxylic acids is 1. The highest BCUT2D eigenvalue weighted by Gasteiger charge is 2.28. The van der Waals surface area contributed by atoms with E-state index in [4.69, 9.17) is 9.72 Å². The van der Waals surface area contributed by atoms with Crippen LogP contribution >= 0.6 is 11.3 Å². The quantitative estimate of drug-likeness (QED) is 0.685. The Hall–Kier alpha value is -2.91. The molecule has 4 rings (SSSR count). The lowest BCUT2D eigenvalue weighted by Gasteiger charge is -2.33. The lowest BCUT2D eigenvalue weighted by atomic mass is 10.1. The Balaban J connectivity index is 1.49. The summed E-state index contributed by atoms with van der Waals surface area (Å²) in [5, 5.41) is 4.07. The van der Waals surface area contributed by atoms with E-state index in [2.05, 4.69) is 20.3 Å². The first kappa shape index (κ1) is 20.4. The molecule has 3 aromatic heterocycles. The Morgan fingerprint density at radius 3 is 2.73 bits per heavy atom. The van der Waals surface area contributed by atoms with Crippen LogP contribution in [0.15, 0.2) is 24.4 Å². The van der Waals surface area contributed by atoms with Crippen LogP contribution in [0.4, 0.5) is 10.9 Å². The lowest BCUT2D eigenvalue weighted by Crippen LogP contribution is -2.42. The zero-order chi connectivity index (χ0) is 21.3. The molecule has 0 saturated carbocycles. The van der Waals surface area contributed by atoms with E-state index in [1.807, 2.05) is 45.9 Å². The predicted octanol–water partition coefficient (Wildman–Crippen LogP) is 3.52. The summed E-state index contributed by atoms with van der Waals surface area (Å²) in [4.78, 5) is 33.6. The van der Waals surface area contributed by atoms with E-state index in [0.29, 0.717) is 42.6 Å². The molecule has 0 spiro atoms. The van der Waals surface area contributed by atoms with Gasteiger partial charge in [-0.15, -0.1) is 11.3 Å². The van der Waals surface area contributed by atoms with Gasteiger partial charge in [0.2, 0.25) is 0 Å². The molecule has 1 fully saturated rings.